The molecule has 1 nitrogen and oxygen atoms in total. The van der Waals surface area contributed by atoms with Crippen molar-refractivity contribution in [3.63, 3.8) is 0 Å². The molecule has 0 fully saturated rings. The third-order valence-electron chi connectivity index (χ3n) is 3.93. The minimum absolute atomic E-state index is 0.452. The van der Waals surface area contributed by atoms with E-state index in [4.69, 9.17) is 0 Å². The maximum Gasteiger partial charge on any atom is 0.0320 e. The van der Waals surface area contributed by atoms with Crippen LogP contribution in [0.4, 0.5) is 0 Å². The molecular formula is C18H25NS. The van der Waals surface area contributed by atoms with Gasteiger partial charge in [-0.15, -0.1) is 11.3 Å². The van der Waals surface area contributed by atoms with Gasteiger partial charge in [0.2, 0.25) is 0 Å². The van der Waals surface area contributed by atoms with Crippen LogP contribution in [0.15, 0.2) is 35.7 Å². The van der Waals surface area contributed by atoms with Crippen LogP contribution in [0.5, 0.6) is 0 Å². The maximum absolute atomic E-state index is 3.71. The monoisotopic (exact) mass is 287 g/mol. The lowest BCUT2D eigenvalue weighted by Crippen LogP contribution is -2.20. The molecule has 1 atom stereocenters. The average Bonchev–Trinajstić information content (AvgIpc) is 2.96. The summed E-state index contributed by atoms with van der Waals surface area (Å²) in [5.41, 5.74) is 4.30. The van der Waals surface area contributed by atoms with Crippen LogP contribution < -0.4 is 5.32 Å². The van der Waals surface area contributed by atoms with Gasteiger partial charge in [-0.05, 0) is 47.4 Å². The molecule has 20 heavy (non-hydrogen) atoms. The molecule has 1 aromatic heterocycles. The Bertz CT molecular complexity index is 512. The molecule has 2 heteroatoms. The molecule has 1 N–H and O–H groups in total. The van der Waals surface area contributed by atoms with Gasteiger partial charge in [0, 0.05) is 17.5 Å². The molecule has 0 saturated heterocycles. The van der Waals surface area contributed by atoms with E-state index in [1.807, 2.05) is 11.3 Å². The van der Waals surface area contributed by atoms with Crippen LogP contribution in [-0.2, 0) is 19.4 Å². The second kappa shape index (κ2) is 7.61. The number of hydrogen-bond acceptors (Lipinski definition) is 2. The third-order valence-corrected chi connectivity index (χ3v) is 4.89. The standard InChI is InChI=1S/C18H25NS/c1-4-14-7-9-16(10-8-14)17(6-3)19-13-18-15(5-2)11-12-20-18/h7-12,17,19H,4-6,13H2,1-3H3. The molecule has 0 spiro atoms. The van der Waals surface area contributed by atoms with Gasteiger partial charge in [0.1, 0.15) is 0 Å². The van der Waals surface area contributed by atoms with Gasteiger partial charge in [0.05, 0.1) is 0 Å². The first-order valence-corrected chi connectivity index (χ1v) is 8.53. The number of nitrogens with one attached hydrogen (secondary N) is 1. The minimum atomic E-state index is 0.452. The third kappa shape index (κ3) is 3.71. The fraction of sp³-hybridized carbons (Fsp3) is 0.444. The Morgan fingerprint density at radius 3 is 2.35 bits per heavy atom. The van der Waals surface area contributed by atoms with E-state index in [2.05, 4.69) is 61.8 Å². The van der Waals surface area contributed by atoms with Crippen LogP contribution in [0.25, 0.3) is 0 Å². The highest BCUT2D eigenvalue weighted by molar-refractivity contribution is 7.10. The summed E-state index contributed by atoms with van der Waals surface area (Å²) in [6, 6.07) is 11.8. The first kappa shape index (κ1) is 15.3. The van der Waals surface area contributed by atoms with Gasteiger partial charge in [-0.2, -0.15) is 0 Å². The summed E-state index contributed by atoms with van der Waals surface area (Å²) in [5.74, 6) is 0. The molecule has 0 saturated carbocycles. The lowest BCUT2D eigenvalue weighted by atomic mass is 10.0. The Morgan fingerprint density at radius 1 is 1.00 bits per heavy atom. The van der Waals surface area contributed by atoms with E-state index in [9.17, 15) is 0 Å². The van der Waals surface area contributed by atoms with E-state index in [1.54, 1.807) is 0 Å². The van der Waals surface area contributed by atoms with Crippen molar-refractivity contribution in [1.29, 1.82) is 0 Å². The van der Waals surface area contributed by atoms with Gasteiger partial charge in [-0.3, -0.25) is 0 Å². The van der Waals surface area contributed by atoms with Gasteiger partial charge in [-0.1, -0.05) is 45.0 Å². The quantitative estimate of drug-likeness (QED) is 0.746. The fourth-order valence-corrected chi connectivity index (χ4v) is 3.46. The molecule has 1 heterocycles. The molecule has 1 aromatic carbocycles. The summed E-state index contributed by atoms with van der Waals surface area (Å²) in [5, 5.41) is 5.91. The highest BCUT2D eigenvalue weighted by Gasteiger charge is 2.10. The van der Waals surface area contributed by atoms with E-state index in [1.165, 1.54) is 21.6 Å². The van der Waals surface area contributed by atoms with Crippen LogP contribution in [0, 0.1) is 0 Å². The zero-order valence-corrected chi connectivity index (χ0v) is 13.6. The van der Waals surface area contributed by atoms with Crippen LogP contribution in [0.1, 0.15) is 54.8 Å². The van der Waals surface area contributed by atoms with Crippen molar-refractivity contribution in [2.75, 3.05) is 0 Å². The number of benzene rings is 1. The Kier molecular flexibility index (Phi) is 5.81. The maximum atomic E-state index is 3.71. The summed E-state index contributed by atoms with van der Waals surface area (Å²) in [6.07, 6.45) is 3.36. The molecule has 0 radical (unpaired) electrons. The average molecular weight is 287 g/mol. The number of rotatable bonds is 7. The van der Waals surface area contributed by atoms with Crippen LogP contribution in [0.2, 0.25) is 0 Å². The van der Waals surface area contributed by atoms with Crippen LogP contribution in [0.3, 0.4) is 0 Å². The fourth-order valence-electron chi connectivity index (χ4n) is 2.54. The van der Waals surface area contributed by atoms with E-state index in [0.717, 1.165) is 25.8 Å². The van der Waals surface area contributed by atoms with Crippen molar-refractivity contribution in [1.82, 2.24) is 5.32 Å². The predicted molar refractivity (Wildman–Crippen MR) is 89.4 cm³/mol. The van der Waals surface area contributed by atoms with Gasteiger partial charge in [-0.25, -0.2) is 0 Å². The Labute approximate surface area is 127 Å². The lowest BCUT2D eigenvalue weighted by Gasteiger charge is -2.18. The first-order chi connectivity index (χ1) is 9.78. The summed E-state index contributed by atoms with van der Waals surface area (Å²) in [7, 11) is 0. The van der Waals surface area contributed by atoms with Gasteiger partial charge in [0.25, 0.3) is 0 Å². The second-order valence-corrected chi connectivity index (χ2v) is 6.16. The molecule has 0 amide bonds. The van der Waals surface area contributed by atoms with Crippen molar-refractivity contribution < 1.29 is 0 Å². The summed E-state index contributed by atoms with van der Waals surface area (Å²) >= 11 is 1.87. The van der Waals surface area contributed by atoms with Gasteiger partial charge >= 0.3 is 0 Å². The molecule has 0 bridgehead atoms. The summed E-state index contributed by atoms with van der Waals surface area (Å²) in [4.78, 5) is 1.48. The van der Waals surface area contributed by atoms with Crippen LogP contribution >= 0.6 is 11.3 Å². The van der Waals surface area contributed by atoms with E-state index >= 15 is 0 Å². The van der Waals surface area contributed by atoms with Crippen molar-refractivity contribution >= 4 is 11.3 Å². The van der Waals surface area contributed by atoms with Crippen molar-refractivity contribution in [2.24, 2.45) is 0 Å². The second-order valence-electron chi connectivity index (χ2n) is 5.16. The number of hydrogen-bond donors (Lipinski definition) is 1. The van der Waals surface area contributed by atoms with Crippen molar-refractivity contribution in [3.05, 3.63) is 57.3 Å². The SMILES string of the molecule is CCc1ccc(C(CC)NCc2sccc2CC)cc1. The highest BCUT2D eigenvalue weighted by Crippen LogP contribution is 2.21. The number of thiophene rings is 1. The van der Waals surface area contributed by atoms with Crippen LogP contribution in [-0.4, -0.2) is 0 Å². The molecule has 2 rings (SSSR count). The molecule has 108 valence electrons. The Morgan fingerprint density at radius 2 is 1.75 bits per heavy atom. The lowest BCUT2D eigenvalue weighted by molar-refractivity contribution is 0.520. The van der Waals surface area contributed by atoms with E-state index < -0.39 is 0 Å². The minimum Gasteiger partial charge on any atom is -0.305 e. The van der Waals surface area contributed by atoms with E-state index in [0.29, 0.717) is 6.04 Å². The zero-order valence-electron chi connectivity index (χ0n) is 12.8. The van der Waals surface area contributed by atoms with Crippen molar-refractivity contribution in [3.8, 4) is 0 Å². The molecular weight excluding hydrogens is 262 g/mol. The smallest absolute Gasteiger partial charge is 0.0320 e. The topological polar surface area (TPSA) is 12.0 Å². The zero-order chi connectivity index (χ0) is 14.4. The van der Waals surface area contributed by atoms with Gasteiger partial charge in [0.15, 0.2) is 0 Å². The molecule has 2 aromatic rings. The molecule has 0 aliphatic rings. The first-order valence-electron chi connectivity index (χ1n) is 7.65. The largest absolute Gasteiger partial charge is 0.305 e. The number of aryl methyl sites for hydroxylation is 2. The van der Waals surface area contributed by atoms with E-state index in [-0.39, 0.29) is 0 Å². The molecule has 0 aliphatic carbocycles. The normalized spacial score (nSPS) is 12.6. The van der Waals surface area contributed by atoms with Gasteiger partial charge < -0.3 is 5.32 Å². The highest BCUT2D eigenvalue weighted by atomic mass is 32.1. The summed E-state index contributed by atoms with van der Waals surface area (Å²) < 4.78 is 0. The molecule has 1 unspecified atom stereocenters. The Hall–Kier alpha value is -1.12. The molecule has 0 aliphatic heterocycles. The summed E-state index contributed by atoms with van der Waals surface area (Å²) in [6.45, 7) is 7.66. The van der Waals surface area contributed by atoms with Crippen molar-refractivity contribution in [2.45, 2.75) is 52.6 Å². The predicted octanol–water partition coefficient (Wildman–Crippen LogP) is 5.11. The Balaban J connectivity index is 2.01.